The Hall–Kier alpha value is -2.70. The van der Waals surface area contributed by atoms with E-state index >= 15 is 0 Å². The molecule has 2 amide bonds. The van der Waals surface area contributed by atoms with Crippen molar-refractivity contribution < 1.29 is 13.6 Å². The number of alkyl halides is 2. The molecule has 8 nitrogen and oxygen atoms in total. The van der Waals surface area contributed by atoms with E-state index in [2.05, 4.69) is 8.63 Å². The summed E-state index contributed by atoms with van der Waals surface area (Å²) in [7, 11) is 3.68. The summed E-state index contributed by atoms with van der Waals surface area (Å²) in [5.41, 5.74) is 5.03. The van der Waals surface area contributed by atoms with Gasteiger partial charge in [0, 0.05) is 67.9 Å². The summed E-state index contributed by atoms with van der Waals surface area (Å²) in [6, 6.07) is 3.35. The SMILES string of the molecule is Cn1cc(-c2cc3c(cc2C(F)F)N(c2nn(C)c4c2CN(C(=O)NI)CC4)CCC3)cn1. The number of aryl methyl sites for hydroxylation is 3. The molecule has 2 aromatic heterocycles. The van der Waals surface area contributed by atoms with Gasteiger partial charge in [0.25, 0.3) is 6.43 Å². The van der Waals surface area contributed by atoms with E-state index in [0.717, 1.165) is 41.2 Å². The number of aromatic nitrogens is 4. The average molecular weight is 567 g/mol. The number of fused-ring (bicyclic) bond motifs is 2. The fourth-order valence-corrected chi connectivity index (χ4v) is 5.22. The van der Waals surface area contributed by atoms with Crippen LogP contribution in [-0.4, -0.2) is 43.6 Å². The number of amides is 2. The topological polar surface area (TPSA) is 71.2 Å². The Morgan fingerprint density at radius 2 is 2.03 bits per heavy atom. The second-order valence-electron chi connectivity index (χ2n) is 8.47. The first-order chi connectivity index (χ1) is 15.9. The van der Waals surface area contributed by atoms with Crippen molar-refractivity contribution in [2.24, 2.45) is 14.1 Å². The van der Waals surface area contributed by atoms with Crippen LogP contribution in [0, 0.1) is 0 Å². The Bertz CT molecular complexity index is 1220. The number of nitrogens with one attached hydrogen (secondary N) is 1. The molecule has 0 saturated heterocycles. The Morgan fingerprint density at radius 1 is 1.21 bits per heavy atom. The van der Waals surface area contributed by atoms with E-state index in [0.29, 0.717) is 37.2 Å². The number of rotatable bonds is 3. The maximum Gasteiger partial charge on any atom is 0.326 e. The molecule has 1 aromatic carbocycles. The standard InChI is InChI=1S/C22H24F2IN7O/c1-29-11-14(10-26-29)15-8-13-4-3-6-32(19(13)9-16(15)20(23)24)21-17-12-31(22(33)27-25)7-5-18(17)30(2)28-21/h8-11,20H,3-7,12H2,1-2H3,(H,27,33). The molecule has 11 heteroatoms. The molecule has 3 aromatic rings. The molecule has 1 N–H and O–H groups in total. The predicted octanol–water partition coefficient (Wildman–Crippen LogP) is 4.26. The smallest absolute Gasteiger partial charge is 0.324 e. The van der Waals surface area contributed by atoms with Gasteiger partial charge in [0.15, 0.2) is 5.82 Å². The molecule has 0 spiro atoms. The Morgan fingerprint density at radius 3 is 2.73 bits per heavy atom. The van der Waals surface area contributed by atoms with Crippen LogP contribution in [0.1, 0.15) is 35.2 Å². The monoisotopic (exact) mass is 567 g/mol. The molecule has 4 heterocycles. The third kappa shape index (κ3) is 3.85. The number of nitrogens with zero attached hydrogens (tertiary/aromatic N) is 6. The van der Waals surface area contributed by atoms with Crippen LogP contribution in [0.15, 0.2) is 24.5 Å². The lowest BCUT2D eigenvalue weighted by atomic mass is 9.93. The molecule has 0 fully saturated rings. The second kappa shape index (κ2) is 8.58. The zero-order chi connectivity index (χ0) is 23.3. The molecule has 0 radical (unpaired) electrons. The number of halogens is 3. The third-order valence-electron chi connectivity index (χ3n) is 6.47. The lowest BCUT2D eigenvalue weighted by molar-refractivity contribution is 0.152. The molecule has 0 bridgehead atoms. The Kier molecular flexibility index (Phi) is 5.75. The summed E-state index contributed by atoms with van der Waals surface area (Å²) in [4.78, 5) is 16.0. The van der Waals surface area contributed by atoms with Gasteiger partial charge in [0.2, 0.25) is 0 Å². The van der Waals surface area contributed by atoms with Crippen LogP contribution < -0.4 is 8.43 Å². The molecular weight excluding hydrogens is 543 g/mol. The van der Waals surface area contributed by atoms with Gasteiger partial charge >= 0.3 is 6.03 Å². The highest BCUT2D eigenvalue weighted by Crippen LogP contribution is 2.42. The molecule has 5 rings (SSSR count). The number of hydrogen-bond donors (Lipinski definition) is 1. The summed E-state index contributed by atoms with van der Waals surface area (Å²) in [6.07, 6.45) is 3.16. The van der Waals surface area contributed by atoms with Crippen molar-refractivity contribution in [2.75, 3.05) is 18.0 Å². The van der Waals surface area contributed by atoms with Crippen LogP contribution in [0.4, 0.5) is 25.1 Å². The summed E-state index contributed by atoms with van der Waals surface area (Å²) in [5, 5.41) is 8.93. The van der Waals surface area contributed by atoms with E-state index in [1.165, 1.54) is 0 Å². The molecule has 2 aliphatic heterocycles. The maximum absolute atomic E-state index is 14.2. The van der Waals surface area contributed by atoms with Gasteiger partial charge in [-0.1, -0.05) is 0 Å². The predicted molar refractivity (Wildman–Crippen MR) is 129 cm³/mol. The van der Waals surface area contributed by atoms with Crippen molar-refractivity contribution in [2.45, 2.75) is 32.2 Å². The van der Waals surface area contributed by atoms with Crippen LogP contribution >= 0.6 is 22.9 Å². The summed E-state index contributed by atoms with van der Waals surface area (Å²) in [6.45, 7) is 1.74. The highest BCUT2D eigenvalue weighted by molar-refractivity contribution is 14.1. The molecule has 0 aliphatic carbocycles. The van der Waals surface area contributed by atoms with Crippen LogP contribution in [0.3, 0.4) is 0 Å². The first kappa shape index (κ1) is 22.1. The Labute approximate surface area is 204 Å². The first-order valence-corrected chi connectivity index (χ1v) is 11.9. The van der Waals surface area contributed by atoms with Crippen molar-refractivity contribution in [3.63, 3.8) is 0 Å². The van der Waals surface area contributed by atoms with Crippen molar-refractivity contribution >= 4 is 40.4 Å². The second-order valence-corrected chi connectivity index (χ2v) is 9.01. The van der Waals surface area contributed by atoms with Gasteiger partial charge in [-0.05, 0) is 36.1 Å². The molecular formula is C22H24F2IN7O. The van der Waals surface area contributed by atoms with Gasteiger partial charge in [-0.25, -0.2) is 13.6 Å². The summed E-state index contributed by atoms with van der Waals surface area (Å²) >= 11 is 1.84. The highest BCUT2D eigenvalue weighted by Gasteiger charge is 2.32. The number of carbonyl (C=O) groups excluding carboxylic acids is 1. The number of anilines is 2. The quantitative estimate of drug-likeness (QED) is 0.380. The molecule has 0 saturated carbocycles. The van der Waals surface area contributed by atoms with E-state index in [9.17, 15) is 13.6 Å². The lowest BCUT2D eigenvalue weighted by Crippen LogP contribution is -2.40. The van der Waals surface area contributed by atoms with Crippen LogP contribution in [0.2, 0.25) is 0 Å². The summed E-state index contributed by atoms with van der Waals surface area (Å²) < 4.78 is 34.5. The molecule has 174 valence electrons. The van der Waals surface area contributed by atoms with Crippen LogP contribution in [0.5, 0.6) is 0 Å². The van der Waals surface area contributed by atoms with Crippen molar-refractivity contribution in [1.29, 1.82) is 0 Å². The average Bonchev–Trinajstić information content (AvgIpc) is 3.40. The van der Waals surface area contributed by atoms with Gasteiger partial charge in [0.05, 0.1) is 35.6 Å². The van der Waals surface area contributed by atoms with E-state index in [-0.39, 0.29) is 11.6 Å². The highest BCUT2D eigenvalue weighted by atomic mass is 127. The molecule has 33 heavy (non-hydrogen) atoms. The minimum Gasteiger partial charge on any atom is -0.324 e. The molecule has 2 aliphatic rings. The van der Waals surface area contributed by atoms with Crippen molar-refractivity contribution in [3.8, 4) is 11.1 Å². The molecule has 0 unspecified atom stereocenters. The Balaban J connectivity index is 1.60. The largest absolute Gasteiger partial charge is 0.326 e. The van der Waals surface area contributed by atoms with Crippen LogP contribution in [0.25, 0.3) is 11.1 Å². The van der Waals surface area contributed by atoms with Gasteiger partial charge < -0.3 is 9.80 Å². The number of urea groups is 1. The number of carbonyl (C=O) groups is 1. The van der Waals surface area contributed by atoms with Gasteiger partial charge in [-0.3, -0.25) is 12.9 Å². The first-order valence-electron chi connectivity index (χ1n) is 10.8. The summed E-state index contributed by atoms with van der Waals surface area (Å²) in [5.74, 6) is 0.744. The van der Waals surface area contributed by atoms with Crippen LogP contribution in [-0.2, 0) is 33.5 Å². The fraction of sp³-hybridized carbons (Fsp3) is 0.409. The van der Waals surface area contributed by atoms with E-state index in [4.69, 9.17) is 5.10 Å². The van der Waals surface area contributed by atoms with E-state index in [1.807, 2.05) is 45.6 Å². The van der Waals surface area contributed by atoms with Crippen molar-refractivity contribution in [1.82, 2.24) is 28.0 Å². The zero-order valence-electron chi connectivity index (χ0n) is 18.4. The maximum atomic E-state index is 14.2. The minimum atomic E-state index is -2.62. The minimum absolute atomic E-state index is 0.00985. The van der Waals surface area contributed by atoms with E-state index in [1.54, 1.807) is 35.1 Å². The fourth-order valence-electron chi connectivity index (χ4n) is 4.88. The van der Waals surface area contributed by atoms with Crippen molar-refractivity contribution in [3.05, 3.63) is 46.9 Å². The van der Waals surface area contributed by atoms with E-state index < -0.39 is 6.43 Å². The van der Waals surface area contributed by atoms with Gasteiger partial charge in [0.1, 0.15) is 0 Å². The normalized spacial score (nSPS) is 15.6. The number of benzene rings is 1. The zero-order valence-corrected chi connectivity index (χ0v) is 20.5. The third-order valence-corrected chi connectivity index (χ3v) is 6.93. The van der Waals surface area contributed by atoms with Gasteiger partial charge in [-0.2, -0.15) is 10.2 Å². The number of hydrogen-bond acceptors (Lipinski definition) is 4. The lowest BCUT2D eigenvalue weighted by Gasteiger charge is -2.33. The van der Waals surface area contributed by atoms with Gasteiger partial charge in [-0.15, -0.1) is 0 Å². The molecule has 0 atom stereocenters.